The van der Waals surface area contributed by atoms with Crippen LogP contribution in [0.3, 0.4) is 0 Å². The molecule has 0 saturated carbocycles. The number of aryl methyl sites for hydroxylation is 1. The number of nitrogens with zero attached hydrogens (tertiary/aromatic N) is 1. The Bertz CT molecular complexity index is 328. The second-order valence-corrected chi connectivity index (χ2v) is 5.39. The molecule has 1 rings (SSSR count). The molecule has 0 saturated heterocycles. The number of hydrogen-bond acceptors (Lipinski definition) is 4. The molecule has 0 fully saturated rings. The molecule has 1 unspecified atom stereocenters. The molecule has 0 spiro atoms. The highest BCUT2D eigenvalue weighted by Gasteiger charge is 2.06. The summed E-state index contributed by atoms with van der Waals surface area (Å²) >= 11 is 3.48. The standard InChI is InChI=1S/C11H16N2S2/c1-4-6-14-7-5-12-9(2)11-8-15-10(3)13-11/h1,8-9,12H,5-7H2,2-3H3. The van der Waals surface area contributed by atoms with Crippen molar-refractivity contribution < 1.29 is 0 Å². The van der Waals surface area contributed by atoms with Crippen LogP contribution in [0.4, 0.5) is 0 Å². The SMILES string of the molecule is C#CCSCCNC(C)c1csc(C)n1. The smallest absolute Gasteiger partial charge is 0.0898 e. The Labute approximate surface area is 99.9 Å². The highest BCUT2D eigenvalue weighted by Crippen LogP contribution is 2.15. The van der Waals surface area contributed by atoms with Crippen LogP contribution in [0.25, 0.3) is 0 Å². The summed E-state index contributed by atoms with van der Waals surface area (Å²) in [6.07, 6.45) is 5.16. The van der Waals surface area contributed by atoms with Crippen molar-refractivity contribution in [2.75, 3.05) is 18.1 Å². The Kier molecular flexibility index (Phi) is 5.77. The first-order chi connectivity index (χ1) is 7.24. The van der Waals surface area contributed by atoms with Gasteiger partial charge >= 0.3 is 0 Å². The van der Waals surface area contributed by atoms with Crippen LogP contribution in [0, 0.1) is 19.3 Å². The summed E-state index contributed by atoms with van der Waals surface area (Å²) < 4.78 is 0. The van der Waals surface area contributed by atoms with Crippen LogP contribution < -0.4 is 5.32 Å². The normalized spacial score (nSPS) is 12.3. The van der Waals surface area contributed by atoms with E-state index in [2.05, 4.69) is 28.5 Å². The summed E-state index contributed by atoms with van der Waals surface area (Å²) in [5, 5.41) is 6.66. The minimum Gasteiger partial charge on any atom is -0.308 e. The van der Waals surface area contributed by atoms with Crippen molar-refractivity contribution in [3.63, 3.8) is 0 Å². The Morgan fingerprint density at radius 2 is 2.53 bits per heavy atom. The summed E-state index contributed by atoms with van der Waals surface area (Å²) in [4.78, 5) is 4.44. The number of thioether (sulfide) groups is 1. The molecule has 0 aliphatic heterocycles. The van der Waals surface area contributed by atoms with Gasteiger partial charge in [-0.3, -0.25) is 0 Å². The van der Waals surface area contributed by atoms with Gasteiger partial charge in [-0.25, -0.2) is 4.98 Å². The molecule has 0 amide bonds. The van der Waals surface area contributed by atoms with E-state index in [0.717, 1.165) is 28.8 Å². The molecule has 4 heteroatoms. The van der Waals surface area contributed by atoms with Crippen LogP contribution in [-0.4, -0.2) is 23.0 Å². The third kappa shape index (κ3) is 4.70. The van der Waals surface area contributed by atoms with Crippen LogP contribution in [0.5, 0.6) is 0 Å². The number of thiazole rings is 1. The number of rotatable bonds is 6. The number of nitrogens with one attached hydrogen (secondary N) is 1. The fourth-order valence-corrected chi connectivity index (χ4v) is 2.39. The molecular formula is C11H16N2S2. The fourth-order valence-electron chi connectivity index (χ4n) is 1.16. The maximum Gasteiger partial charge on any atom is 0.0898 e. The fraction of sp³-hybridized carbons (Fsp3) is 0.545. The first-order valence-electron chi connectivity index (χ1n) is 4.90. The maximum atomic E-state index is 5.16. The van der Waals surface area contributed by atoms with Gasteiger partial charge in [0, 0.05) is 23.7 Å². The summed E-state index contributed by atoms with van der Waals surface area (Å²) in [7, 11) is 0. The molecule has 0 bridgehead atoms. The Balaban J connectivity index is 2.19. The van der Waals surface area contributed by atoms with E-state index in [1.165, 1.54) is 0 Å². The van der Waals surface area contributed by atoms with Gasteiger partial charge < -0.3 is 5.32 Å². The van der Waals surface area contributed by atoms with E-state index in [1.54, 1.807) is 23.1 Å². The zero-order chi connectivity index (χ0) is 11.1. The lowest BCUT2D eigenvalue weighted by atomic mass is 10.2. The van der Waals surface area contributed by atoms with Crippen LogP contribution in [0.2, 0.25) is 0 Å². The van der Waals surface area contributed by atoms with Crippen molar-refractivity contribution in [2.45, 2.75) is 19.9 Å². The molecule has 0 aromatic carbocycles. The first kappa shape index (κ1) is 12.6. The van der Waals surface area contributed by atoms with Crippen molar-refractivity contribution in [1.82, 2.24) is 10.3 Å². The molecule has 1 N–H and O–H groups in total. The van der Waals surface area contributed by atoms with Gasteiger partial charge in [0.15, 0.2) is 0 Å². The van der Waals surface area contributed by atoms with E-state index in [4.69, 9.17) is 6.42 Å². The quantitative estimate of drug-likeness (QED) is 0.611. The second-order valence-electron chi connectivity index (χ2n) is 3.22. The van der Waals surface area contributed by atoms with Crippen LogP contribution in [0.15, 0.2) is 5.38 Å². The number of terminal acetylenes is 1. The van der Waals surface area contributed by atoms with E-state index in [-0.39, 0.29) is 0 Å². The molecule has 2 nitrogen and oxygen atoms in total. The third-order valence-electron chi connectivity index (χ3n) is 1.96. The summed E-state index contributed by atoms with van der Waals surface area (Å²) in [6, 6.07) is 0.335. The summed E-state index contributed by atoms with van der Waals surface area (Å²) in [5.74, 6) is 4.47. The lowest BCUT2D eigenvalue weighted by Gasteiger charge is -2.10. The van der Waals surface area contributed by atoms with Crippen LogP contribution in [-0.2, 0) is 0 Å². The van der Waals surface area contributed by atoms with E-state index >= 15 is 0 Å². The van der Waals surface area contributed by atoms with Gasteiger partial charge in [0.25, 0.3) is 0 Å². The lowest BCUT2D eigenvalue weighted by molar-refractivity contribution is 0.588. The lowest BCUT2D eigenvalue weighted by Crippen LogP contribution is -2.21. The van der Waals surface area contributed by atoms with E-state index < -0.39 is 0 Å². The zero-order valence-electron chi connectivity index (χ0n) is 9.12. The third-order valence-corrected chi connectivity index (χ3v) is 3.62. The average Bonchev–Trinajstić information content (AvgIpc) is 2.64. The van der Waals surface area contributed by atoms with Crippen molar-refractivity contribution >= 4 is 23.1 Å². The van der Waals surface area contributed by atoms with Gasteiger partial charge in [0.2, 0.25) is 0 Å². The van der Waals surface area contributed by atoms with Gasteiger partial charge in [0.1, 0.15) is 0 Å². The van der Waals surface area contributed by atoms with Gasteiger partial charge in [0.05, 0.1) is 16.5 Å². The topological polar surface area (TPSA) is 24.9 Å². The molecule has 15 heavy (non-hydrogen) atoms. The largest absolute Gasteiger partial charge is 0.308 e. The van der Waals surface area contributed by atoms with Crippen molar-refractivity contribution in [1.29, 1.82) is 0 Å². The highest BCUT2D eigenvalue weighted by molar-refractivity contribution is 7.99. The predicted molar refractivity (Wildman–Crippen MR) is 69.4 cm³/mol. The predicted octanol–water partition coefficient (Wildman–Crippen LogP) is 2.47. The van der Waals surface area contributed by atoms with Crippen molar-refractivity contribution in [3.05, 3.63) is 16.1 Å². The Morgan fingerprint density at radius 3 is 3.13 bits per heavy atom. The van der Waals surface area contributed by atoms with Crippen molar-refractivity contribution in [3.8, 4) is 12.3 Å². The minimum absolute atomic E-state index is 0.335. The summed E-state index contributed by atoms with van der Waals surface area (Å²) in [5.41, 5.74) is 1.14. The zero-order valence-corrected chi connectivity index (χ0v) is 10.8. The molecule has 1 atom stereocenters. The van der Waals surface area contributed by atoms with Gasteiger partial charge in [-0.1, -0.05) is 5.92 Å². The number of hydrogen-bond donors (Lipinski definition) is 1. The molecule has 0 aliphatic rings. The molecule has 0 radical (unpaired) electrons. The second kappa shape index (κ2) is 6.89. The van der Waals surface area contributed by atoms with E-state index in [9.17, 15) is 0 Å². The first-order valence-corrected chi connectivity index (χ1v) is 6.94. The monoisotopic (exact) mass is 240 g/mol. The number of aromatic nitrogens is 1. The molecule has 0 aliphatic carbocycles. The molecule has 1 heterocycles. The van der Waals surface area contributed by atoms with Crippen molar-refractivity contribution in [2.24, 2.45) is 0 Å². The highest BCUT2D eigenvalue weighted by atomic mass is 32.2. The average molecular weight is 240 g/mol. The molecule has 1 aromatic rings. The van der Waals surface area contributed by atoms with Gasteiger partial charge in [-0.05, 0) is 13.8 Å². The van der Waals surface area contributed by atoms with Crippen LogP contribution in [0.1, 0.15) is 23.7 Å². The van der Waals surface area contributed by atoms with E-state index in [0.29, 0.717) is 6.04 Å². The molecular weight excluding hydrogens is 224 g/mol. The summed E-state index contributed by atoms with van der Waals surface area (Å²) in [6.45, 7) is 5.15. The minimum atomic E-state index is 0.335. The van der Waals surface area contributed by atoms with Gasteiger partial charge in [-0.15, -0.1) is 29.5 Å². The maximum absolute atomic E-state index is 5.16. The Morgan fingerprint density at radius 1 is 1.73 bits per heavy atom. The molecule has 82 valence electrons. The van der Waals surface area contributed by atoms with E-state index in [1.807, 2.05) is 6.92 Å². The Hall–Kier alpha value is -0.500. The molecule has 1 aromatic heterocycles. The van der Waals surface area contributed by atoms with Crippen LogP contribution >= 0.6 is 23.1 Å². The van der Waals surface area contributed by atoms with Gasteiger partial charge in [-0.2, -0.15) is 0 Å².